The molecule has 0 saturated carbocycles. The summed E-state index contributed by atoms with van der Waals surface area (Å²) in [5.74, 6) is -0.238. The van der Waals surface area contributed by atoms with Gasteiger partial charge in [0.25, 0.3) is 0 Å². The zero-order valence-corrected chi connectivity index (χ0v) is 25.4. The topological polar surface area (TPSA) is 82.0 Å². The molecule has 0 spiro atoms. The number of ether oxygens (including phenoxy) is 2. The third-order valence-corrected chi connectivity index (χ3v) is 8.30. The molecule has 9 nitrogen and oxygen atoms in total. The fourth-order valence-corrected chi connectivity index (χ4v) is 5.99. The van der Waals surface area contributed by atoms with Crippen LogP contribution in [0, 0.1) is 0 Å². The Hall–Kier alpha value is -3.79. The van der Waals surface area contributed by atoms with E-state index in [2.05, 4.69) is 64.9 Å². The number of carbonyl (C=O) groups excluding carboxylic acids is 1. The fraction of sp³-hybridized carbons (Fsp3) is 0.441. The van der Waals surface area contributed by atoms with Crippen LogP contribution in [-0.4, -0.2) is 71.8 Å². The second kappa shape index (κ2) is 13.2. The monoisotopic (exact) mass is 583 g/mol. The van der Waals surface area contributed by atoms with E-state index in [1.165, 1.54) is 5.69 Å². The van der Waals surface area contributed by atoms with Crippen molar-refractivity contribution in [2.24, 2.45) is 0 Å². The van der Waals surface area contributed by atoms with Crippen LogP contribution in [0.5, 0.6) is 0 Å². The van der Waals surface area contributed by atoms with Crippen molar-refractivity contribution in [2.75, 3.05) is 50.9 Å². The first-order valence-electron chi connectivity index (χ1n) is 15.5. The second-order valence-corrected chi connectivity index (χ2v) is 11.5. The van der Waals surface area contributed by atoms with Crippen LogP contribution in [0.1, 0.15) is 67.3 Å². The number of hydroxylamine groups is 2. The first-order chi connectivity index (χ1) is 21.0. The summed E-state index contributed by atoms with van der Waals surface area (Å²) in [5, 5.41) is 8.23. The van der Waals surface area contributed by atoms with Gasteiger partial charge in [0.05, 0.1) is 43.5 Å². The molecule has 4 heterocycles. The minimum absolute atomic E-state index is 0.146. The summed E-state index contributed by atoms with van der Waals surface area (Å²) in [7, 11) is 0. The van der Waals surface area contributed by atoms with E-state index >= 15 is 0 Å². The van der Waals surface area contributed by atoms with Gasteiger partial charge < -0.3 is 14.4 Å². The Bertz CT molecular complexity index is 1520. The van der Waals surface area contributed by atoms with Gasteiger partial charge in [0.1, 0.15) is 0 Å². The van der Waals surface area contributed by atoms with Gasteiger partial charge in [-0.3, -0.25) is 4.84 Å². The van der Waals surface area contributed by atoms with Gasteiger partial charge in [-0.25, -0.2) is 14.5 Å². The molecule has 2 fully saturated rings. The lowest BCUT2D eigenvalue weighted by Crippen LogP contribution is -2.36. The van der Waals surface area contributed by atoms with Gasteiger partial charge in [0.15, 0.2) is 11.3 Å². The van der Waals surface area contributed by atoms with Crippen molar-refractivity contribution in [2.45, 2.75) is 52.2 Å². The Kier molecular flexibility index (Phi) is 9.02. The molecule has 0 bridgehead atoms. The molecule has 2 saturated heterocycles. The quantitative estimate of drug-likeness (QED) is 0.222. The van der Waals surface area contributed by atoms with E-state index in [1.54, 1.807) is 0 Å². The predicted molar refractivity (Wildman–Crippen MR) is 167 cm³/mol. The number of piperidine rings is 1. The SMILES string of the molecule is CCOC(=O)c1cc(-c2ccc(N3CCOCC3)cc2)c2c(C(C)C)nn(C3CCN(OCc4ccccc4)CC3)c2n1. The van der Waals surface area contributed by atoms with Crippen LogP contribution in [0.15, 0.2) is 60.7 Å². The maximum absolute atomic E-state index is 13.0. The molecule has 2 aliphatic rings. The Morgan fingerprint density at radius 2 is 1.72 bits per heavy atom. The highest BCUT2D eigenvalue weighted by atomic mass is 16.7. The number of esters is 1. The summed E-state index contributed by atoms with van der Waals surface area (Å²) in [6, 6.07) is 20.8. The molecule has 226 valence electrons. The number of aromatic nitrogens is 3. The third-order valence-electron chi connectivity index (χ3n) is 8.30. The first-order valence-corrected chi connectivity index (χ1v) is 15.5. The molecule has 4 aromatic rings. The van der Waals surface area contributed by atoms with Gasteiger partial charge in [-0.05, 0) is 60.6 Å². The lowest BCUT2D eigenvalue weighted by atomic mass is 9.97. The van der Waals surface area contributed by atoms with Crippen molar-refractivity contribution in [3.8, 4) is 11.1 Å². The van der Waals surface area contributed by atoms with E-state index in [0.717, 1.165) is 85.7 Å². The van der Waals surface area contributed by atoms with Crippen molar-refractivity contribution in [1.29, 1.82) is 0 Å². The van der Waals surface area contributed by atoms with E-state index in [4.69, 9.17) is 24.4 Å². The number of rotatable bonds is 9. The zero-order chi connectivity index (χ0) is 29.8. The highest BCUT2D eigenvalue weighted by Crippen LogP contribution is 2.38. The van der Waals surface area contributed by atoms with Crippen LogP contribution >= 0.6 is 0 Å². The number of hydrogen-bond donors (Lipinski definition) is 0. The third kappa shape index (κ3) is 6.44. The van der Waals surface area contributed by atoms with E-state index < -0.39 is 5.97 Å². The minimum atomic E-state index is -0.418. The summed E-state index contributed by atoms with van der Waals surface area (Å²) in [6.07, 6.45) is 1.75. The highest BCUT2D eigenvalue weighted by molar-refractivity contribution is 6.00. The molecule has 9 heteroatoms. The molecular formula is C34H41N5O4. The van der Waals surface area contributed by atoms with Crippen LogP contribution < -0.4 is 4.90 Å². The molecule has 2 aromatic carbocycles. The first kappa shape index (κ1) is 29.3. The molecule has 0 aliphatic carbocycles. The molecule has 0 amide bonds. The second-order valence-electron chi connectivity index (χ2n) is 11.5. The maximum atomic E-state index is 13.0. The lowest BCUT2D eigenvalue weighted by molar-refractivity contribution is -0.183. The summed E-state index contributed by atoms with van der Waals surface area (Å²) in [4.78, 5) is 26.4. The normalized spacial score (nSPS) is 16.7. The van der Waals surface area contributed by atoms with Gasteiger partial charge in [-0.1, -0.05) is 56.3 Å². The standard InChI is InChI=1S/C34H41N5O4/c1-4-42-34(40)30-22-29(26-10-12-27(13-11-26)37-18-20-41-21-19-37)31-32(24(2)3)36-39(33(31)35-30)28-14-16-38(17-15-28)43-23-25-8-6-5-7-9-25/h5-13,22,24,28H,4,14-21,23H2,1-3H3. The zero-order valence-electron chi connectivity index (χ0n) is 25.4. The number of fused-ring (bicyclic) bond motifs is 1. The molecule has 6 rings (SSSR count). The number of hydrogen-bond acceptors (Lipinski definition) is 8. The van der Waals surface area contributed by atoms with E-state index in [-0.39, 0.29) is 12.0 Å². The van der Waals surface area contributed by atoms with Gasteiger partial charge >= 0.3 is 5.97 Å². The summed E-state index contributed by atoms with van der Waals surface area (Å²) in [5.41, 5.74) is 6.36. The number of pyridine rings is 1. The number of anilines is 1. The molecule has 0 atom stereocenters. The summed E-state index contributed by atoms with van der Waals surface area (Å²) >= 11 is 0. The van der Waals surface area contributed by atoms with Crippen LogP contribution in [-0.2, 0) is 20.9 Å². The average molecular weight is 584 g/mol. The van der Waals surface area contributed by atoms with Crippen molar-refractivity contribution >= 4 is 22.7 Å². The smallest absolute Gasteiger partial charge is 0.357 e. The number of benzene rings is 2. The number of morpholine rings is 1. The molecular weight excluding hydrogens is 542 g/mol. The van der Waals surface area contributed by atoms with E-state index in [1.807, 2.05) is 31.2 Å². The predicted octanol–water partition coefficient (Wildman–Crippen LogP) is 6.00. The van der Waals surface area contributed by atoms with Gasteiger partial charge in [-0.15, -0.1) is 0 Å². The largest absolute Gasteiger partial charge is 0.461 e. The van der Waals surface area contributed by atoms with Crippen LogP contribution in [0.3, 0.4) is 0 Å². The molecule has 43 heavy (non-hydrogen) atoms. The van der Waals surface area contributed by atoms with Crippen LogP contribution in [0.2, 0.25) is 0 Å². The Morgan fingerprint density at radius 1 is 1.00 bits per heavy atom. The molecule has 2 aliphatic heterocycles. The van der Waals surface area contributed by atoms with Crippen molar-refractivity contribution < 1.29 is 19.1 Å². The Morgan fingerprint density at radius 3 is 2.40 bits per heavy atom. The van der Waals surface area contributed by atoms with Crippen LogP contribution in [0.4, 0.5) is 5.69 Å². The number of nitrogens with zero attached hydrogens (tertiary/aromatic N) is 5. The summed E-state index contributed by atoms with van der Waals surface area (Å²) in [6.45, 7) is 11.8. The maximum Gasteiger partial charge on any atom is 0.357 e. The van der Waals surface area contributed by atoms with Gasteiger partial charge in [-0.2, -0.15) is 10.2 Å². The van der Waals surface area contributed by atoms with Crippen molar-refractivity contribution in [3.63, 3.8) is 0 Å². The average Bonchev–Trinajstić information content (AvgIpc) is 3.45. The Labute approximate surface area is 253 Å². The minimum Gasteiger partial charge on any atom is -0.461 e. The van der Waals surface area contributed by atoms with Gasteiger partial charge in [0.2, 0.25) is 0 Å². The molecule has 0 unspecified atom stereocenters. The Balaban J connectivity index is 1.33. The van der Waals surface area contributed by atoms with E-state index in [0.29, 0.717) is 18.9 Å². The molecule has 0 N–H and O–H groups in total. The van der Waals surface area contributed by atoms with Crippen molar-refractivity contribution in [3.05, 3.63) is 77.6 Å². The molecule has 0 radical (unpaired) electrons. The van der Waals surface area contributed by atoms with Crippen molar-refractivity contribution in [1.82, 2.24) is 19.8 Å². The van der Waals surface area contributed by atoms with E-state index in [9.17, 15) is 4.79 Å². The van der Waals surface area contributed by atoms with Crippen LogP contribution in [0.25, 0.3) is 22.2 Å². The summed E-state index contributed by atoms with van der Waals surface area (Å²) < 4.78 is 13.0. The van der Waals surface area contributed by atoms with Gasteiger partial charge in [0, 0.05) is 31.9 Å². The molecule has 2 aromatic heterocycles. The fourth-order valence-electron chi connectivity index (χ4n) is 5.99. The number of carbonyl (C=O) groups is 1. The highest BCUT2D eigenvalue weighted by Gasteiger charge is 2.28. The lowest BCUT2D eigenvalue weighted by Gasteiger charge is -2.31.